The molecule has 0 saturated heterocycles. The highest BCUT2D eigenvalue weighted by molar-refractivity contribution is 7.92. The normalized spacial score (nSPS) is 12.1. The SMILES string of the molecule is CCC(C)C(=C(F)F)c1ccccc1N(CC#N)S(=O)(=O)c1ccc(C)cc1. The van der Waals surface area contributed by atoms with Crippen LogP contribution in [0, 0.1) is 24.2 Å². The number of hydrogen-bond acceptors (Lipinski definition) is 3. The van der Waals surface area contributed by atoms with Gasteiger partial charge in [0.05, 0.1) is 16.7 Å². The van der Waals surface area contributed by atoms with Gasteiger partial charge in [0.1, 0.15) is 6.54 Å². The minimum atomic E-state index is -4.10. The van der Waals surface area contributed by atoms with Crippen LogP contribution >= 0.6 is 0 Å². The number of nitriles is 1. The summed E-state index contributed by atoms with van der Waals surface area (Å²) in [5, 5.41) is 9.23. The molecule has 0 aromatic heterocycles. The fourth-order valence-electron chi connectivity index (χ4n) is 2.88. The largest absolute Gasteiger partial charge is 0.274 e. The smallest absolute Gasteiger partial charge is 0.252 e. The van der Waals surface area contributed by atoms with Crippen molar-refractivity contribution in [3.63, 3.8) is 0 Å². The van der Waals surface area contributed by atoms with Crippen LogP contribution in [-0.4, -0.2) is 15.0 Å². The summed E-state index contributed by atoms with van der Waals surface area (Å²) in [6, 6.07) is 14.1. The quantitative estimate of drug-likeness (QED) is 0.583. The van der Waals surface area contributed by atoms with Crippen molar-refractivity contribution in [3.8, 4) is 6.07 Å². The van der Waals surface area contributed by atoms with E-state index >= 15 is 0 Å². The van der Waals surface area contributed by atoms with Crippen molar-refractivity contribution in [3.05, 3.63) is 65.7 Å². The van der Waals surface area contributed by atoms with Crippen molar-refractivity contribution in [1.82, 2.24) is 0 Å². The molecule has 0 fully saturated rings. The van der Waals surface area contributed by atoms with Gasteiger partial charge >= 0.3 is 0 Å². The Morgan fingerprint density at radius 3 is 2.29 bits per heavy atom. The molecule has 148 valence electrons. The lowest BCUT2D eigenvalue weighted by Gasteiger charge is -2.26. The van der Waals surface area contributed by atoms with Gasteiger partial charge in [-0.3, -0.25) is 4.31 Å². The average molecular weight is 404 g/mol. The van der Waals surface area contributed by atoms with Gasteiger partial charge in [-0.05, 0) is 37.5 Å². The Morgan fingerprint density at radius 2 is 1.75 bits per heavy atom. The molecule has 0 aliphatic heterocycles. The van der Waals surface area contributed by atoms with Gasteiger partial charge < -0.3 is 0 Å². The van der Waals surface area contributed by atoms with E-state index in [0.29, 0.717) is 6.42 Å². The standard InChI is InChI=1S/C21H22F2N2O2S/c1-4-16(3)20(21(22)23)18-7-5-6-8-19(18)25(14-13-24)28(26,27)17-11-9-15(2)10-12-17/h5-12,16H,4,14H2,1-3H3. The molecule has 0 saturated carbocycles. The maximum atomic E-state index is 13.8. The zero-order valence-electron chi connectivity index (χ0n) is 16.0. The molecule has 0 spiro atoms. The summed E-state index contributed by atoms with van der Waals surface area (Å²) < 4.78 is 54.8. The predicted molar refractivity (Wildman–Crippen MR) is 106 cm³/mol. The van der Waals surface area contributed by atoms with E-state index in [4.69, 9.17) is 0 Å². The van der Waals surface area contributed by atoms with E-state index in [2.05, 4.69) is 0 Å². The van der Waals surface area contributed by atoms with Crippen molar-refractivity contribution in [1.29, 1.82) is 5.26 Å². The van der Waals surface area contributed by atoms with Gasteiger partial charge in [0.15, 0.2) is 0 Å². The monoisotopic (exact) mass is 404 g/mol. The van der Waals surface area contributed by atoms with Crippen LogP contribution in [0.2, 0.25) is 0 Å². The minimum absolute atomic E-state index is 0.00190. The van der Waals surface area contributed by atoms with Gasteiger partial charge in [-0.2, -0.15) is 14.0 Å². The summed E-state index contributed by atoms with van der Waals surface area (Å²) in [5.41, 5.74) is 0.850. The van der Waals surface area contributed by atoms with Gasteiger partial charge in [0.25, 0.3) is 16.1 Å². The number of anilines is 1. The molecule has 0 radical (unpaired) electrons. The Balaban J connectivity index is 2.71. The number of hydrogen-bond donors (Lipinski definition) is 0. The molecule has 1 atom stereocenters. The molecule has 0 amide bonds. The molecule has 7 heteroatoms. The molecule has 2 aromatic carbocycles. The van der Waals surface area contributed by atoms with Crippen molar-refractivity contribution in [2.24, 2.45) is 5.92 Å². The van der Waals surface area contributed by atoms with Crippen molar-refractivity contribution >= 4 is 21.3 Å². The number of halogens is 2. The molecule has 2 aromatic rings. The van der Waals surface area contributed by atoms with Crippen LogP contribution in [0.5, 0.6) is 0 Å². The summed E-state index contributed by atoms with van der Waals surface area (Å²) in [4.78, 5) is -0.00190. The maximum absolute atomic E-state index is 13.8. The first-order valence-electron chi connectivity index (χ1n) is 8.85. The van der Waals surface area contributed by atoms with E-state index in [1.54, 1.807) is 38.1 Å². The van der Waals surface area contributed by atoms with Crippen LogP contribution in [0.1, 0.15) is 31.4 Å². The van der Waals surface area contributed by atoms with E-state index in [1.807, 2.05) is 13.0 Å². The van der Waals surface area contributed by atoms with Crippen LogP contribution in [0.15, 0.2) is 59.5 Å². The Bertz CT molecular complexity index is 1010. The number of benzene rings is 2. The molecule has 1 unspecified atom stereocenters. The molecule has 28 heavy (non-hydrogen) atoms. The highest BCUT2D eigenvalue weighted by Crippen LogP contribution is 2.38. The molecular formula is C21H22F2N2O2S. The molecular weight excluding hydrogens is 382 g/mol. The third-order valence-corrected chi connectivity index (χ3v) is 6.37. The summed E-state index contributed by atoms with van der Waals surface area (Å²) in [7, 11) is -4.10. The number of allylic oxidation sites excluding steroid dienone is 1. The number of para-hydroxylation sites is 1. The Hall–Kier alpha value is -2.72. The molecule has 2 rings (SSSR count). The second kappa shape index (κ2) is 8.98. The Labute approximate surface area is 164 Å². The van der Waals surface area contributed by atoms with Crippen molar-refractivity contribution < 1.29 is 17.2 Å². The zero-order chi connectivity index (χ0) is 20.9. The second-order valence-corrected chi connectivity index (χ2v) is 8.35. The predicted octanol–water partition coefficient (Wildman–Crippen LogP) is 5.37. The van der Waals surface area contributed by atoms with Crippen LogP contribution in [0.25, 0.3) is 5.57 Å². The molecule has 0 aliphatic carbocycles. The van der Waals surface area contributed by atoms with Gasteiger partial charge in [-0.15, -0.1) is 0 Å². The third-order valence-electron chi connectivity index (χ3n) is 4.59. The van der Waals surface area contributed by atoms with E-state index in [1.165, 1.54) is 24.3 Å². The fourth-order valence-corrected chi connectivity index (χ4v) is 4.26. The number of rotatable bonds is 7. The summed E-state index contributed by atoms with van der Waals surface area (Å²) in [6.45, 7) is 4.78. The lowest BCUT2D eigenvalue weighted by molar-refractivity contribution is 0.417. The van der Waals surface area contributed by atoms with Gasteiger partial charge in [0.2, 0.25) is 0 Å². The highest BCUT2D eigenvalue weighted by Gasteiger charge is 2.29. The maximum Gasteiger partial charge on any atom is 0.274 e. The van der Waals surface area contributed by atoms with E-state index < -0.39 is 28.6 Å². The van der Waals surface area contributed by atoms with E-state index in [0.717, 1.165) is 9.87 Å². The van der Waals surface area contributed by atoms with Crippen molar-refractivity contribution in [2.45, 2.75) is 32.1 Å². The first-order valence-corrected chi connectivity index (χ1v) is 10.3. The van der Waals surface area contributed by atoms with Gasteiger partial charge in [-0.25, -0.2) is 8.42 Å². The highest BCUT2D eigenvalue weighted by atomic mass is 32.2. The molecule has 0 aliphatic rings. The van der Waals surface area contributed by atoms with Crippen LogP contribution in [0.3, 0.4) is 0 Å². The fraction of sp³-hybridized carbons (Fsp3) is 0.286. The molecule has 4 nitrogen and oxygen atoms in total. The van der Waals surface area contributed by atoms with Crippen molar-refractivity contribution in [2.75, 3.05) is 10.8 Å². The molecule has 0 bridgehead atoms. The Morgan fingerprint density at radius 1 is 1.14 bits per heavy atom. The Kier molecular flexibility index (Phi) is 6.92. The summed E-state index contributed by atoms with van der Waals surface area (Å²) in [5.74, 6) is -0.475. The molecule has 0 heterocycles. The van der Waals surface area contributed by atoms with Crippen LogP contribution in [-0.2, 0) is 10.0 Å². The lowest BCUT2D eigenvalue weighted by atomic mass is 9.91. The van der Waals surface area contributed by atoms with Crippen LogP contribution in [0.4, 0.5) is 14.5 Å². The number of nitrogens with zero attached hydrogens (tertiary/aromatic N) is 2. The van der Waals surface area contributed by atoms with E-state index in [9.17, 15) is 22.5 Å². The molecule has 0 N–H and O–H groups in total. The lowest BCUT2D eigenvalue weighted by Crippen LogP contribution is -2.32. The number of sulfonamides is 1. The zero-order valence-corrected chi connectivity index (χ0v) is 16.8. The minimum Gasteiger partial charge on any atom is -0.252 e. The van der Waals surface area contributed by atoms with E-state index in [-0.39, 0.29) is 21.7 Å². The summed E-state index contributed by atoms with van der Waals surface area (Å²) >= 11 is 0. The third kappa shape index (κ3) is 4.39. The van der Waals surface area contributed by atoms with Gasteiger partial charge in [0, 0.05) is 11.1 Å². The first kappa shape index (κ1) is 21.6. The average Bonchev–Trinajstić information content (AvgIpc) is 2.66. The van der Waals surface area contributed by atoms with Gasteiger partial charge in [-0.1, -0.05) is 49.7 Å². The van der Waals surface area contributed by atoms with Crippen LogP contribution < -0.4 is 4.31 Å². The summed E-state index contributed by atoms with van der Waals surface area (Å²) in [6.07, 6.45) is -1.39. The number of aryl methyl sites for hydroxylation is 1. The second-order valence-electron chi connectivity index (χ2n) is 6.48. The first-order chi connectivity index (χ1) is 13.2. The topological polar surface area (TPSA) is 61.2 Å².